The van der Waals surface area contributed by atoms with Crippen LogP contribution in [-0.2, 0) is 11.3 Å². The number of hydrogen-bond acceptors (Lipinski definition) is 6. The average molecular weight is 296 g/mol. The van der Waals surface area contributed by atoms with Crippen molar-refractivity contribution in [2.24, 2.45) is 5.41 Å². The van der Waals surface area contributed by atoms with E-state index in [2.05, 4.69) is 20.4 Å². The van der Waals surface area contributed by atoms with E-state index in [1.165, 1.54) is 11.0 Å². The quantitative estimate of drug-likeness (QED) is 0.784. The SMILES string of the molecule is CC(C)(C)C(O)CN1CCN(C(=O)Cn2cnnn2)CC1. The summed E-state index contributed by atoms with van der Waals surface area (Å²) in [5, 5.41) is 20.9. The molecule has 0 radical (unpaired) electrons. The smallest absolute Gasteiger partial charge is 0.244 e. The Morgan fingerprint density at radius 2 is 1.95 bits per heavy atom. The first kappa shape index (κ1) is 15.8. The van der Waals surface area contributed by atoms with Crippen LogP contribution in [0.25, 0.3) is 0 Å². The molecule has 0 bridgehead atoms. The third kappa shape index (κ3) is 4.47. The molecule has 1 aliphatic rings. The molecule has 8 heteroatoms. The normalized spacial score (nSPS) is 18.8. The van der Waals surface area contributed by atoms with Crippen molar-refractivity contribution in [2.75, 3.05) is 32.7 Å². The molecule has 8 nitrogen and oxygen atoms in total. The highest BCUT2D eigenvalue weighted by Crippen LogP contribution is 2.20. The van der Waals surface area contributed by atoms with Gasteiger partial charge in [0, 0.05) is 32.7 Å². The molecular formula is C13H24N6O2. The zero-order chi connectivity index (χ0) is 15.5. The Bertz CT molecular complexity index is 448. The predicted molar refractivity (Wildman–Crippen MR) is 76.3 cm³/mol. The molecule has 2 heterocycles. The van der Waals surface area contributed by atoms with Gasteiger partial charge < -0.3 is 10.0 Å². The minimum Gasteiger partial charge on any atom is -0.391 e. The molecule has 0 aromatic carbocycles. The number of amides is 1. The van der Waals surface area contributed by atoms with E-state index in [-0.39, 0.29) is 24.0 Å². The summed E-state index contributed by atoms with van der Waals surface area (Å²) < 4.78 is 1.43. The first-order valence-electron chi connectivity index (χ1n) is 7.25. The fourth-order valence-corrected chi connectivity index (χ4v) is 2.19. The van der Waals surface area contributed by atoms with Crippen LogP contribution in [0.1, 0.15) is 20.8 Å². The van der Waals surface area contributed by atoms with E-state index in [4.69, 9.17) is 0 Å². The van der Waals surface area contributed by atoms with Crippen molar-refractivity contribution in [3.8, 4) is 0 Å². The molecule has 21 heavy (non-hydrogen) atoms. The van der Waals surface area contributed by atoms with E-state index in [0.717, 1.165) is 13.1 Å². The zero-order valence-electron chi connectivity index (χ0n) is 12.9. The van der Waals surface area contributed by atoms with Crippen LogP contribution in [0.4, 0.5) is 0 Å². The average Bonchev–Trinajstić information content (AvgIpc) is 2.91. The van der Waals surface area contributed by atoms with Crippen molar-refractivity contribution in [1.82, 2.24) is 30.0 Å². The lowest BCUT2D eigenvalue weighted by Crippen LogP contribution is -2.52. The number of nitrogens with zero attached hydrogens (tertiary/aromatic N) is 6. The van der Waals surface area contributed by atoms with Crippen molar-refractivity contribution in [2.45, 2.75) is 33.4 Å². The van der Waals surface area contributed by atoms with Gasteiger partial charge in [-0.1, -0.05) is 20.8 Å². The molecule has 1 aromatic rings. The largest absolute Gasteiger partial charge is 0.391 e. The fraction of sp³-hybridized carbons (Fsp3) is 0.846. The van der Waals surface area contributed by atoms with Gasteiger partial charge in [0.2, 0.25) is 5.91 Å². The van der Waals surface area contributed by atoms with Crippen molar-refractivity contribution < 1.29 is 9.90 Å². The Hall–Kier alpha value is -1.54. The van der Waals surface area contributed by atoms with Crippen LogP contribution in [0, 0.1) is 5.41 Å². The number of hydrogen-bond donors (Lipinski definition) is 1. The highest BCUT2D eigenvalue weighted by Gasteiger charge is 2.27. The molecule has 0 saturated carbocycles. The first-order valence-corrected chi connectivity index (χ1v) is 7.25. The van der Waals surface area contributed by atoms with Gasteiger partial charge in [0.1, 0.15) is 12.9 Å². The van der Waals surface area contributed by atoms with Gasteiger partial charge in [-0.25, -0.2) is 4.68 Å². The number of carbonyl (C=O) groups excluding carboxylic acids is 1. The lowest BCUT2D eigenvalue weighted by molar-refractivity contribution is -0.134. The van der Waals surface area contributed by atoms with Crippen LogP contribution < -0.4 is 0 Å². The number of aliphatic hydroxyl groups is 1. The lowest BCUT2D eigenvalue weighted by Gasteiger charge is -2.37. The van der Waals surface area contributed by atoms with Crippen molar-refractivity contribution in [3.05, 3.63) is 6.33 Å². The summed E-state index contributed by atoms with van der Waals surface area (Å²) in [4.78, 5) is 16.1. The summed E-state index contributed by atoms with van der Waals surface area (Å²) in [5.41, 5.74) is -0.118. The van der Waals surface area contributed by atoms with Gasteiger partial charge in [-0.2, -0.15) is 0 Å². The van der Waals surface area contributed by atoms with Gasteiger partial charge in [0.25, 0.3) is 0 Å². The Kier molecular flexibility index (Phi) is 4.89. The summed E-state index contributed by atoms with van der Waals surface area (Å²) in [6.45, 7) is 9.85. The molecule has 1 fully saturated rings. The third-order valence-corrected chi connectivity index (χ3v) is 3.84. The van der Waals surface area contributed by atoms with Crippen molar-refractivity contribution in [3.63, 3.8) is 0 Å². The van der Waals surface area contributed by atoms with Gasteiger partial charge in [-0.15, -0.1) is 5.10 Å². The highest BCUT2D eigenvalue weighted by molar-refractivity contribution is 5.75. The number of carbonyl (C=O) groups is 1. The molecule has 0 spiro atoms. The first-order chi connectivity index (χ1) is 9.86. The van der Waals surface area contributed by atoms with Gasteiger partial charge in [0.15, 0.2) is 0 Å². The van der Waals surface area contributed by atoms with Crippen LogP contribution in [0.15, 0.2) is 6.33 Å². The summed E-state index contributed by atoms with van der Waals surface area (Å²) >= 11 is 0. The topological polar surface area (TPSA) is 87.4 Å². The standard InChI is InChI=1S/C13H24N6O2/c1-13(2,3)11(20)8-17-4-6-18(7-5-17)12(21)9-19-10-14-15-16-19/h10-11,20H,4-9H2,1-3H3. The van der Waals surface area contributed by atoms with Gasteiger partial charge in [-0.05, 0) is 15.8 Å². The number of piperazine rings is 1. The number of aromatic nitrogens is 4. The van der Waals surface area contributed by atoms with Gasteiger partial charge in [0.05, 0.1) is 6.10 Å². The van der Waals surface area contributed by atoms with E-state index in [1.54, 1.807) is 0 Å². The number of β-amino-alcohol motifs (C(OH)–C–C–N with tert-alkyl or cyclic N) is 1. The maximum atomic E-state index is 12.1. The summed E-state index contributed by atoms with van der Waals surface area (Å²) in [5.74, 6) is 0.0262. The zero-order valence-corrected chi connectivity index (χ0v) is 12.9. The molecule has 1 unspecified atom stereocenters. The molecule has 1 amide bonds. The molecule has 1 N–H and O–H groups in total. The maximum Gasteiger partial charge on any atom is 0.244 e. The fourth-order valence-electron chi connectivity index (χ4n) is 2.19. The number of aliphatic hydroxyl groups excluding tert-OH is 1. The second-order valence-corrected chi connectivity index (χ2v) is 6.57. The minimum absolute atomic E-state index is 0.0262. The second-order valence-electron chi connectivity index (χ2n) is 6.57. The van der Waals surface area contributed by atoms with Crippen LogP contribution in [0.3, 0.4) is 0 Å². The van der Waals surface area contributed by atoms with E-state index >= 15 is 0 Å². The van der Waals surface area contributed by atoms with Gasteiger partial charge >= 0.3 is 0 Å². The van der Waals surface area contributed by atoms with E-state index in [0.29, 0.717) is 19.6 Å². The lowest BCUT2D eigenvalue weighted by atomic mass is 9.89. The molecule has 1 aliphatic heterocycles. The Morgan fingerprint density at radius 3 is 2.48 bits per heavy atom. The number of rotatable bonds is 4. The van der Waals surface area contributed by atoms with E-state index < -0.39 is 0 Å². The molecule has 0 aliphatic carbocycles. The van der Waals surface area contributed by atoms with E-state index in [9.17, 15) is 9.90 Å². The van der Waals surface area contributed by atoms with Crippen LogP contribution >= 0.6 is 0 Å². The molecular weight excluding hydrogens is 272 g/mol. The van der Waals surface area contributed by atoms with Crippen LogP contribution in [0.2, 0.25) is 0 Å². The highest BCUT2D eigenvalue weighted by atomic mass is 16.3. The van der Waals surface area contributed by atoms with Crippen LogP contribution in [0.5, 0.6) is 0 Å². The van der Waals surface area contributed by atoms with Crippen molar-refractivity contribution >= 4 is 5.91 Å². The van der Waals surface area contributed by atoms with Gasteiger partial charge in [-0.3, -0.25) is 9.69 Å². The maximum absolute atomic E-state index is 12.1. The predicted octanol–water partition coefficient (Wildman–Crippen LogP) is -0.776. The molecule has 1 saturated heterocycles. The third-order valence-electron chi connectivity index (χ3n) is 3.84. The van der Waals surface area contributed by atoms with Crippen LogP contribution in [-0.4, -0.2) is 79.8 Å². The van der Waals surface area contributed by atoms with E-state index in [1.807, 2.05) is 25.7 Å². The monoisotopic (exact) mass is 296 g/mol. The Labute approximate surface area is 124 Å². The minimum atomic E-state index is -0.360. The second kappa shape index (κ2) is 6.48. The Morgan fingerprint density at radius 1 is 1.29 bits per heavy atom. The summed E-state index contributed by atoms with van der Waals surface area (Å²) in [6.07, 6.45) is 1.08. The summed E-state index contributed by atoms with van der Waals surface area (Å²) in [6, 6.07) is 0. The molecule has 118 valence electrons. The summed E-state index contributed by atoms with van der Waals surface area (Å²) in [7, 11) is 0. The number of tetrazole rings is 1. The molecule has 2 rings (SSSR count). The van der Waals surface area contributed by atoms with Crippen molar-refractivity contribution in [1.29, 1.82) is 0 Å². The molecule has 1 aromatic heterocycles. The Balaban J connectivity index is 1.76. The molecule has 1 atom stereocenters.